The SMILES string of the molecule is Cc1cc(CCC(=O)NCc2cccnc2-c2cccs2)ccc1F. The van der Waals surface area contributed by atoms with Crippen molar-refractivity contribution < 1.29 is 9.18 Å². The van der Waals surface area contributed by atoms with Crippen molar-refractivity contribution in [3.05, 3.63) is 76.5 Å². The number of amides is 1. The van der Waals surface area contributed by atoms with Gasteiger partial charge in [-0.05, 0) is 53.6 Å². The third kappa shape index (κ3) is 4.51. The fourth-order valence-corrected chi connectivity index (χ4v) is 3.38. The van der Waals surface area contributed by atoms with Crippen LogP contribution in [0.2, 0.25) is 0 Å². The van der Waals surface area contributed by atoms with Gasteiger partial charge in [-0.15, -0.1) is 11.3 Å². The molecule has 0 radical (unpaired) electrons. The van der Waals surface area contributed by atoms with Crippen molar-refractivity contribution in [3.63, 3.8) is 0 Å². The maximum atomic E-state index is 13.3. The Morgan fingerprint density at radius 1 is 1.24 bits per heavy atom. The number of aryl methyl sites for hydroxylation is 2. The van der Waals surface area contributed by atoms with Crippen LogP contribution in [0.3, 0.4) is 0 Å². The Bertz CT molecular complexity index is 862. The van der Waals surface area contributed by atoms with E-state index in [1.807, 2.05) is 29.6 Å². The summed E-state index contributed by atoms with van der Waals surface area (Å²) in [6.45, 7) is 2.18. The van der Waals surface area contributed by atoms with Gasteiger partial charge in [0, 0.05) is 19.2 Å². The zero-order chi connectivity index (χ0) is 17.6. The van der Waals surface area contributed by atoms with E-state index in [4.69, 9.17) is 0 Å². The molecule has 2 heterocycles. The van der Waals surface area contributed by atoms with Crippen LogP contribution in [0.5, 0.6) is 0 Å². The van der Waals surface area contributed by atoms with Gasteiger partial charge in [-0.2, -0.15) is 0 Å². The predicted molar refractivity (Wildman–Crippen MR) is 98.9 cm³/mol. The third-order valence-electron chi connectivity index (χ3n) is 3.98. The molecule has 0 atom stereocenters. The van der Waals surface area contributed by atoms with Gasteiger partial charge in [0.15, 0.2) is 0 Å². The van der Waals surface area contributed by atoms with E-state index in [0.717, 1.165) is 21.7 Å². The molecule has 128 valence electrons. The molecule has 0 aliphatic carbocycles. The predicted octanol–water partition coefficient (Wildman–Crippen LogP) is 4.51. The number of nitrogens with zero attached hydrogens (tertiary/aromatic N) is 1. The Morgan fingerprint density at radius 2 is 2.12 bits per heavy atom. The average Bonchev–Trinajstić information content (AvgIpc) is 3.15. The lowest BCUT2D eigenvalue weighted by molar-refractivity contribution is -0.121. The standard InChI is InChI=1S/C20H19FN2OS/c1-14-12-15(6-8-17(14)21)7-9-19(24)23-13-16-4-2-10-22-20(16)18-5-3-11-25-18/h2-6,8,10-12H,7,9,13H2,1H3,(H,23,24). The summed E-state index contributed by atoms with van der Waals surface area (Å²) < 4.78 is 13.3. The van der Waals surface area contributed by atoms with E-state index >= 15 is 0 Å². The van der Waals surface area contributed by atoms with Crippen LogP contribution in [0, 0.1) is 12.7 Å². The van der Waals surface area contributed by atoms with Gasteiger partial charge in [0.1, 0.15) is 5.82 Å². The number of pyridine rings is 1. The van der Waals surface area contributed by atoms with Crippen molar-refractivity contribution in [3.8, 4) is 10.6 Å². The summed E-state index contributed by atoms with van der Waals surface area (Å²) in [5, 5.41) is 4.96. The molecule has 0 saturated carbocycles. The molecule has 1 N–H and O–H groups in total. The molecular weight excluding hydrogens is 335 g/mol. The summed E-state index contributed by atoms with van der Waals surface area (Å²) >= 11 is 1.63. The molecule has 0 spiro atoms. The Labute approximate surface area is 150 Å². The van der Waals surface area contributed by atoms with Crippen LogP contribution >= 0.6 is 11.3 Å². The fourth-order valence-electron chi connectivity index (χ4n) is 2.62. The Kier molecular flexibility index (Phi) is 5.56. The highest BCUT2D eigenvalue weighted by atomic mass is 32.1. The molecule has 2 aromatic heterocycles. The van der Waals surface area contributed by atoms with Crippen molar-refractivity contribution in [2.24, 2.45) is 0 Å². The summed E-state index contributed by atoms with van der Waals surface area (Å²) in [5.41, 5.74) is 3.48. The summed E-state index contributed by atoms with van der Waals surface area (Å²) in [5.74, 6) is -0.242. The second-order valence-corrected chi connectivity index (χ2v) is 6.80. The second-order valence-electron chi connectivity index (χ2n) is 5.85. The van der Waals surface area contributed by atoms with E-state index in [1.165, 1.54) is 6.07 Å². The van der Waals surface area contributed by atoms with Crippen molar-refractivity contribution >= 4 is 17.2 Å². The van der Waals surface area contributed by atoms with Gasteiger partial charge >= 0.3 is 0 Å². The number of hydrogen-bond acceptors (Lipinski definition) is 3. The van der Waals surface area contributed by atoms with Gasteiger partial charge in [-0.3, -0.25) is 9.78 Å². The maximum absolute atomic E-state index is 13.3. The van der Waals surface area contributed by atoms with E-state index < -0.39 is 0 Å². The minimum absolute atomic E-state index is 0.0250. The molecule has 3 nitrogen and oxygen atoms in total. The number of hydrogen-bond donors (Lipinski definition) is 1. The largest absolute Gasteiger partial charge is 0.352 e. The molecule has 0 aliphatic heterocycles. The van der Waals surface area contributed by atoms with Gasteiger partial charge in [0.25, 0.3) is 0 Å². The van der Waals surface area contributed by atoms with E-state index in [2.05, 4.69) is 10.3 Å². The van der Waals surface area contributed by atoms with Crippen molar-refractivity contribution in [2.75, 3.05) is 0 Å². The monoisotopic (exact) mass is 354 g/mol. The number of halogens is 1. The minimum Gasteiger partial charge on any atom is -0.352 e. The van der Waals surface area contributed by atoms with Crippen molar-refractivity contribution in [1.29, 1.82) is 0 Å². The van der Waals surface area contributed by atoms with Crippen LogP contribution in [-0.4, -0.2) is 10.9 Å². The van der Waals surface area contributed by atoms with Crippen LogP contribution in [-0.2, 0) is 17.8 Å². The number of benzene rings is 1. The molecule has 0 bridgehead atoms. The lowest BCUT2D eigenvalue weighted by Crippen LogP contribution is -2.23. The second kappa shape index (κ2) is 8.03. The number of aromatic nitrogens is 1. The summed E-state index contributed by atoms with van der Waals surface area (Å²) in [6, 6.07) is 12.8. The van der Waals surface area contributed by atoms with Gasteiger partial charge in [-0.1, -0.05) is 24.3 Å². The summed E-state index contributed by atoms with van der Waals surface area (Å²) in [4.78, 5) is 17.7. The van der Waals surface area contributed by atoms with Gasteiger partial charge < -0.3 is 5.32 Å². The van der Waals surface area contributed by atoms with Gasteiger partial charge in [-0.25, -0.2) is 4.39 Å². The van der Waals surface area contributed by atoms with Crippen molar-refractivity contribution in [2.45, 2.75) is 26.3 Å². The smallest absolute Gasteiger partial charge is 0.220 e. The highest BCUT2D eigenvalue weighted by Gasteiger charge is 2.09. The van der Waals surface area contributed by atoms with Crippen molar-refractivity contribution in [1.82, 2.24) is 10.3 Å². The number of thiophene rings is 1. The molecular formula is C20H19FN2OS. The number of nitrogens with one attached hydrogen (secondary N) is 1. The summed E-state index contributed by atoms with van der Waals surface area (Å²) in [7, 11) is 0. The first-order valence-corrected chi connectivity index (χ1v) is 9.01. The quantitative estimate of drug-likeness (QED) is 0.708. The van der Waals surface area contributed by atoms with E-state index in [-0.39, 0.29) is 11.7 Å². The topological polar surface area (TPSA) is 42.0 Å². The normalized spacial score (nSPS) is 10.6. The zero-order valence-electron chi connectivity index (χ0n) is 14.0. The molecule has 1 amide bonds. The maximum Gasteiger partial charge on any atom is 0.220 e. The number of rotatable bonds is 6. The lowest BCUT2D eigenvalue weighted by Gasteiger charge is -2.09. The van der Waals surface area contributed by atoms with Crippen LogP contribution in [0.25, 0.3) is 10.6 Å². The Balaban J connectivity index is 1.57. The van der Waals surface area contributed by atoms with E-state index in [1.54, 1.807) is 36.6 Å². The average molecular weight is 354 g/mol. The molecule has 0 saturated heterocycles. The molecule has 0 fully saturated rings. The Morgan fingerprint density at radius 3 is 2.88 bits per heavy atom. The number of carbonyl (C=O) groups is 1. The molecule has 5 heteroatoms. The first kappa shape index (κ1) is 17.3. The van der Waals surface area contributed by atoms with Gasteiger partial charge in [0.05, 0.1) is 10.6 Å². The number of carbonyl (C=O) groups excluding carboxylic acids is 1. The van der Waals surface area contributed by atoms with Gasteiger partial charge in [0.2, 0.25) is 5.91 Å². The zero-order valence-corrected chi connectivity index (χ0v) is 14.8. The molecule has 3 aromatic rings. The highest BCUT2D eigenvalue weighted by Crippen LogP contribution is 2.25. The lowest BCUT2D eigenvalue weighted by atomic mass is 10.1. The molecule has 0 unspecified atom stereocenters. The van der Waals surface area contributed by atoms with E-state index in [9.17, 15) is 9.18 Å². The highest BCUT2D eigenvalue weighted by molar-refractivity contribution is 7.13. The van der Waals surface area contributed by atoms with Crippen LogP contribution in [0.4, 0.5) is 4.39 Å². The molecule has 1 aromatic carbocycles. The summed E-state index contributed by atoms with van der Waals surface area (Å²) in [6.07, 6.45) is 2.73. The van der Waals surface area contributed by atoms with Crippen LogP contribution in [0.15, 0.2) is 54.0 Å². The minimum atomic E-state index is -0.217. The molecule has 0 aliphatic rings. The van der Waals surface area contributed by atoms with Crippen LogP contribution in [0.1, 0.15) is 23.1 Å². The Hall–Kier alpha value is -2.53. The first-order chi connectivity index (χ1) is 12.1. The van der Waals surface area contributed by atoms with E-state index in [0.29, 0.717) is 24.9 Å². The molecule has 3 rings (SSSR count). The fraction of sp³-hybridized carbons (Fsp3) is 0.200. The van der Waals surface area contributed by atoms with Crippen LogP contribution < -0.4 is 5.32 Å². The molecule has 25 heavy (non-hydrogen) atoms. The first-order valence-electron chi connectivity index (χ1n) is 8.13. The third-order valence-corrected chi connectivity index (χ3v) is 4.86.